The SMILES string of the molecule is COc1ccc(C#N)c2c1OCc1ccccc1-2. The van der Waals surface area contributed by atoms with Crippen molar-refractivity contribution in [1.29, 1.82) is 5.26 Å². The molecule has 18 heavy (non-hydrogen) atoms. The third-order valence-corrected chi connectivity index (χ3v) is 3.12. The maximum absolute atomic E-state index is 9.24. The Morgan fingerprint density at radius 2 is 2.06 bits per heavy atom. The van der Waals surface area contributed by atoms with Crippen LogP contribution in [-0.4, -0.2) is 7.11 Å². The number of nitriles is 1. The zero-order chi connectivity index (χ0) is 12.5. The van der Waals surface area contributed by atoms with Crippen LogP contribution >= 0.6 is 0 Å². The van der Waals surface area contributed by atoms with Gasteiger partial charge in [0.25, 0.3) is 0 Å². The molecule has 0 atom stereocenters. The van der Waals surface area contributed by atoms with Gasteiger partial charge < -0.3 is 9.47 Å². The Morgan fingerprint density at radius 1 is 1.22 bits per heavy atom. The number of nitrogens with zero attached hydrogens (tertiary/aromatic N) is 1. The Bertz CT molecular complexity index is 656. The molecule has 0 saturated carbocycles. The topological polar surface area (TPSA) is 42.2 Å². The Kier molecular flexibility index (Phi) is 2.42. The molecule has 2 aromatic rings. The van der Waals surface area contributed by atoms with E-state index >= 15 is 0 Å². The maximum Gasteiger partial charge on any atom is 0.170 e. The molecule has 0 amide bonds. The van der Waals surface area contributed by atoms with Gasteiger partial charge in [-0.3, -0.25) is 0 Å². The summed E-state index contributed by atoms with van der Waals surface area (Å²) < 4.78 is 11.0. The molecule has 0 bridgehead atoms. The molecule has 88 valence electrons. The highest BCUT2D eigenvalue weighted by Crippen LogP contribution is 2.45. The summed E-state index contributed by atoms with van der Waals surface area (Å²) in [4.78, 5) is 0. The molecular weight excluding hydrogens is 226 g/mol. The van der Waals surface area contributed by atoms with E-state index < -0.39 is 0 Å². The van der Waals surface area contributed by atoms with Crippen LogP contribution in [0.25, 0.3) is 11.1 Å². The molecule has 3 nitrogen and oxygen atoms in total. The summed E-state index contributed by atoms with van der Waals surface area (Å²) >= 11 is 0. The van der Waals surface area contributed by atoms with Gasteiger partial charge in [-0.2, -0.15) is 5.26 Å². The van der Waals surface area contributed by atoms with Crippen LogP contribution in [0, 0.1) is 11.3 Å². The van der Waals surface area contributed by atoms with E-state index in [-0.39, 0.29) is 0 Å². The molecule has 0 saturated heterocycles. The van der Waals surface area contributed by atoms with Crippen LogP contribution in [-0.2, 0) is 6.61 Å². The molecule has 0 aliphatic carbocycles. The molecule has 1 aliphatic heterocycles. The lowest BCUT2D eigenvalue weighted by Gasteiger charge is -2.23. The lowest BCUT2D eigenvalue weighted by atomic mass is 9.93. The average molecular weight is 237 g/mol. The zero-order valence-corrected chi connectivity index (χ0v) is 9.93. The highest BCUT2D eigenvalue weighted by Gasteiger charge is 2.23. The van der Waals surface area contributed by atoms with Crippen molar-refractivity contribution in [3.63, 3.8) is 0 Å². The minimum Gasteiger partial charge on any atom is -0.493 e. The van der Waals surface area contributed by atoms with Crippen molar-refractivity contribution in [3.8, 4) is 28.7 Å². The molecular formula is C15H11NO2. The fourth-order valence-corrected chi connectivity index (χ4v) is 2.27. The molecule has 0 fully saturated rings. The van der Waals surface area contributed by atoms with Gasteiger partial charge >= 0.3 is 0 Å². The van der Waals surface area contributed by atoms with Crippen molar-refractivity contribution in [3.05, 3.63) is 47.5 Å². The Morgan fingerprint density at radius 3 is 2.83 bits per heavy atom. The van der Waals surface area contributed by atoms with Gasteiger partial charge in [-0.15, -0.1) is 0 Å². The first-order valence-electron chi connectivity index (χ1n) is 5.67. The number of fused-ring (bicyclic) bond motifs is 3. The minimum atomic E-state index is 0.508. The van der Waals surface area contributed by atoms with Gasteiger partial charge in [0.2, 0.25) is 0 Å². The van der Waals surface area contributed by atoms with E-state index in [2.05, 4.69) is 6.07 Å². The van der Waals surface area contributed by atoms with Crippen LogP contribution in [0.15, 0.2) is 36.4 Å². The molecule has 0 N–H and O–H groups in total. The summed E-state index contributed by atoms with van der Waals surface area (Å²) in [7, 11) is 1.60. The van der Waals surface area contributed by atoms with Crippen LogP contribution in [0.4, 0.5) is 0 Å². The summed E-state index contributed by atoms with van der Waals surface area (Å²) in [6, 6.07) is 13.7. The van der Waals surface area contributed by atoms with Crippen LogP contribution < -0.4 is 9.47 Å². The molecule has 1 heterocycles. The van der Waals surface area contributed by atoms with Gasteiger partial charge in [0.1, 0.15) is 6.61 Å². The number of hydrogen-bond donors (Lipinski definition) is 0. The predicted octanol–water partition coefficient (Wildman–Crippen LogP) is 3.13. The zero-order valence-electron chi connectivity index (χ0n) is 9.93. The van der Waals surface area contributed by atoms with E-state index in [1.165, 1.54) is 0 Å². The second-order valence-corrected chi connectivity index (χ2v) is 4.08. The van der Waals surface area contributed by atoms with Gasteiger partial charge in [-0.25, -0.2) is 0 Å². The van der Waals surface area contributed by atoms with Crippen molar-refractivity contribution in [2.45, 2.75) is 6.61 Å². The largest absolute Gasteiger partial charge is 0.493 e. The van der Waals surface area contributed by atoms with Crippen LogP contribution in [0.2, 0.25) is 0 Å². The molecule has 0 radical (unpaired) electrons. The summed E-state index contributed by atoms with van der Waals surface area (Å²) in [5.74, 6) is 1.33. The maximum atomic E-state index is 9.24. The van der Waals surface area contributed by atoms with E-state index in [1.807, 2.05) is 24.3 Å². The second-order valence-electron chi connectivity index (χ2n) is 4.08. The molecule has 3 heteroatoms. The Balaban J connectivity index is 2.35. The highest BCUT2D eigenvalue weighted by molar-refractivity contribution is 5.82. The fourth-order valence-electron chi connectivity index (χ4n) is 2.27. The third-order valence-electron chi connectivity index (χ3n) is 3.12. The Labute approximate surface area is 105 Å². The first kappa shape index (κ1) is 10.7. The van der Waals surface area contributed by atoms with E-state index in [0.29, 0.717) is 23.7 Å². The molecule has 0 unspecified atom stereocenters. The molecule has 2 aromatic carbocycles. The minimum absolute atomic E-state index is 0.508. The summed E-state index contributed by atoms with van der Waals surface area (Å²) in [6.07, 6.45) is 0. The fraction of sp³-hybridized carbons (Fsp3) is 0.133. The number of methoxy groups -OCH3 is 1. The third kappa shape index (κ3) is 1.43. The Hall–Kier alpha value is -2.47. The normalized spacial score (nSPS) is 11.8. The smallest absolute Gasteiger partial charge is 0.170 e. The average Bonchev–Trinajstić information content (AvgIpc) is 2.45. The molecule has 0 aromatic heterocycles. The number of benzene rings is 2. The van der Waals surface area contributed by atoms with Gasteiger partial charge in [-0.05, 0) is 23.3 Å². The van der Waals surface area contributed by atoms with Gasteiger partial charge in [0.05, 0.1) is 18.7 Å². The second kappa shape index (κ2) is 4.08. The quantitative estimate of drug-likeness (QED) is 0.765. The number of ether oxygens (including phenoxy) is 2. The first-order valence-corrected chi connectivity index (χ1v) is 5.67. The first-order chi connectivity index (χ1) is 8.85. The predicted molar refractivity (Wildman–Crippen MR) is 67.5 cm³/mol. The standard InChI is InChI=1S/C15H11NO2/c1-17-13-7-6-10(8-16)14-12-5-3-2-4-11(12)9-18-15(13)14/h2-7H,9H2,1H3. The van der Waals surface area contributed by atoms with E-state index in [4.69, 9.17) is 9.47 Å². The van der Waals surface area contributed by atoms with Crippen LogP contribution in [0.3, 0.4) is 0 Å². The van der Waals surface area contributed by atoms with Gasteiger partial charge in [0, 0.05) is 5.56 Å². The summed E-state index contributed by atoms with van der Waals surface area (Å²) in [5.41, 5.74) is 3.58. The van der Waals surface area contributed by atoms with Crippen LogP contribution in [0.5, 0.6) is 11.5 Å². The van der Waals surface area contributed by atoms with Crippen molar-refractivity contribution >= 4 is 0 Å². The van der Waals surface area contributed by atoms with E-state index in [0.717, 1.165) is 16.7 Å². The van der Waals surface area contributed by atoms with Crippen molar-refractivity contribution < 1.29 is 9.47 Å². The van der Waals surface area contributed by atoms with E-state index in [1.54, 1.807) is 19.2 Å². The van der Waals surface area contributed by atoms with Crippen molar-refractivity contribution in [1.82, 2.24) is 0 Å². The number of rotatable bonds is 1. The van der Waals surface area contributed by atoms with Gasteiger partial charge in [-0.1, -0.05) is 24.3 Å². The molecule has 3 rings (SSSR count). The summed E-state index contributed by atoms with van der Waals surface area (Å²) in [6.45, 7) is 0.508. The molecule has 0 spiro atoms. The van der Waals surface area contributed by atoms with Gasteiger partial charge in [0.15, 0.2) is 11.5 Å². The van der Waals surface area contributed by atoms with Crippen molar-refractivity contribution in [2.24, 2.45) is 0 Å². The lowest BCUT2D eigenvalue weighted by molar-refractivity contribution is 0.281. The molecule has 1 aliphatic rings. The number of hydrogen-bond acceptors (Lipinski definition) is 3. The monoisotopic (exact) mass is 237 g/mol. The van der Waals surface area contributed by atoms with E-state index in [9.17, 15) is 5.26 Å². The summed E-state index contributed by atoms with van der Waals surface area (Å²) in [5, 5.41) is 9.24. The van der Waals surface area contributed by atoms with Crippen LogP contribution in [0.1, 0.15) is 11.1 Å². The highest BCUT2D eigenvalue weighted by atomic mass is 16.5. The van der Waals surface area contributed by atoms with Crippen molar-refractivity contribution in [2.75, 3.05) is 7.11 Å². The lowest BCUT2D eigenvalue weighted by Crippen LogP contribution is -2.07.